The van der Waals surface area contributed by atoms with E-state index in [1.54, 1.807) is 49.3 Å². The second-order valence-electron chi connectivity index (χ2n) is 10.6. The molecule has 1 aliphatic rings. The number of aliphatic hydroxyl groups is 1. The fourth-order valence-corrected chi connectivity index (χ4v) is 5.02. The highest BCUT2D eigenvalue weighted by Crippen LogP contribution is 2.31. The van der Waals surface area contributed by atoms with E-state index in [0.717, 1.165) is 35.7 Å². The van der Waals surface area contributed by atoms with Crippen molar-refractivity contribution >= 4 is 33.7 Å². The summed E-state index contributed by atoms with van der Waals surface area (Å²) in [7, 11) is 0. The Hall–Kier alpha value is -4.72. The van der Waals surface area contributed by atoms with E-state index in [9.17, 15) is 9.90 Å². The highest BCUT2D eigenvalue weighted by Gasteiger charge is 2.31. The molecule has 1 amide bonds. The van der Waals surface area contributed by atoms with Gasteiger partial charge in [-0.05, 0) is 87.2 Å². The van der Waals surface area contributed by atoms with E-state index in [0.29, 0.717) is 29.2 Å². The lowest BCUT2D eigenvalue weighted by molar-refractivity contribution is 0.0967. The first kappa shape index (κ1) is 26.5. The number of anilines is 1. The van der Waals surface area contributed by atoms with Gasteiger partial charge in [-0.2, -0.15) is 4.68 Å². The Balaban J connectivity index is 1.40. The van der Waals surface area contributed by atoms with Crippen molar-refractivity contribution in [2.45, 2.75) is 38.3 Å². The number of fused-ring (bicyclic) bond motifs is 2. The summed E-state index contributed by atoms with van der Waals surface area (Å²) < 4.78 is 17.1. The lowest BCUT2D eigenvalue weighted by atomic mass is 10.0. The van der Waals surface area contributed by atoms with Gasteiger partial charge < -0.3 is 10.4 Å². The number of nitrogens with one attached hydrogen (secondary N) is 1. The lowest BCUT2D eigenvalue weighted by Gasteiger charge is -2.34. The monoisotopic (exact) mass is 549 g/mol. The number of piperidine rings is 1. The Kier molecular flexibility index (Phi) is 6.91. The van der Waals surface area contributed by atoms with E-state index in [2.05, 4.69) is 37.4 Å². The smallest absolute Gasteiger partial charge is 0.262 e. The highest BCUT2D eigenvalue weighted by atomic mass is 19.1. The molecule has 1 aliphatic heterocycles. The van der Waals surface area contributed by atoms with Crippen molar-refractivity contribution in [2.24, 2.45) is 0 Å². The van der Waals surface area contributed by atoms with E-state index in [-0.39, 0.29) is 11.6 Å². The van der Waals surface area contributed by atoms with Crippen LogP contribution >= 0.6 is 0 Å². The minimum Gasteiger partial charge on any atom is -0.378 e. The third kappa shape index (κ3) is 5.37. The summed E-state index contributed by atoms with van der Waals surface area (Å²) in [4.78, 5) is 24.6. The molecule has 5 aromatic rings. The molecule has 0 bridgehead atoms. The van der Waals surface area contributed by atoms with E-state index in [1.807, 2.05) is 24.3 Å². The summed E-state index contributed by atoms with van der Waals surface area (Å²) in [5, 5.41) is 23.1. The Labute approximate surface area is 236 Å². The molecule has 1 atom stereocenters. The molecule has 2 aromatic carbocycles. The number of aromatic nitrogens is 5. The van der Waals surface area contributed by atoms with Crippen molar-refractivity contribution in [2.75, 3.05) is 18.0 Å². The summed E-state index contributed by atoms with van der Waals surface area (Å²) >= 11 is 0. The number of halogens is 1. The van der Waals surface area contributed by atoms with Gasteiger partial charge in [-0.15, -0.1) is 5.10 Å². The van der Waals surface area contributed by atoms with Gasteiger partial charge >= 0.3 is 0 Å². The predicted octanol–water partition coefficient (Wildman–Crippen LogP) is 4.02. The Morgan fingerprint density at radius 2 is 2.02 bits per heavy atom. The van der Waals surface area contributed by atoms with Crippen LogP contribution in [-0.2, 0) is 0 Å². The van der Waals surface area contributed by atoms with Gasteiger partial charge in [-0.3, -0.25) is 9.69 Å². The molecular formula is C31H28FN7O2. The molecule has 1 saturated heterocycles. The number of hydrogen-bond acceptors (Lipinski definition) is 7. The Morgan fingerprint density at radius 3 is 2.80 bits per heavy atom. The molecule has 2 N–H and O–H groups in total. The van der Waals surface area contributed by atoms with Crippen molar-refractivity contribution < 1.29 is 14.3 Å². The number of carbonyl (C=O) groups is 1. The molecule has 3 aromatic heterocycles. The molecule has 4 heterocycles. The molecule has 10 heteroatoms. The first-order valence-electron chi connectivity index (χ1n) is 13.4. The van der Waals surface area contributed by atoms with Gasteiger partial charge in [0.2, 0.25) is 0 Å². The summed E-state index contributed by atoms with van der Waals surface area (Å²) in [6.07, 6.45) is 4.89. The van der Waals surface area contributed by atoms with Crippen LogP contribution in [0.2, 0.25) is 0 Å². The summed E-state index contributed by atoms with van der Waals surface area (Å²) in [5.74, 6) is 5.12. The number of hydrogen-bond donors (Lipinski definition) is 2. The van der Waals surface area contributed by atoms with E-state index >= 15 is 4.39 Å². The third-order valence-electron chi connectivity index (χ3n) is 6.98. The molecule has 206 valence electrons. The second kappa shape index (κ2) is 10.7. The van der Waals surface area contributed by atoms with Gasteiger partial charge in [0, 0.05) is 36.0 Å². The minimum absolute atomic E-state index is 0.0665. The molecular weight excluding hydrogens is 521 g/mol. The van der Waals surface area contributed by atoms with Gasteiger partial charge in [0.1, 0.15) is 22.8 Å². The van der Waals surface area contributed by atoms with Crippen LogP contribution in [0.5, 0.6) is 0 Å². The molecule has 0 spiro atoms. The van der Waals surface area contributed by atoms with E-state index in [1.165, 1.54) is 16.8 Å². The van der Waals surface area contributed by atoms with Crippen LogP contribution in [-0.4, -0.2) is 60.7 Å². The zero-order chi connectivity index (χ0) is 28.6. The van der Waals surface area contributed by atoms with Gasteiger partial charge in [0.05, 0.1) is 17.3 Å². The molecule has 41 heavy (non-hydrogen) atoms. The maximum atomic E-state index is 15.7. The van der Waals surface area contributed by atoms with E-state index in [4.69, 9.17) is 0 Å². The molecule has 6 rings (SSSR count). The third-order valence-corrected chi connectivity index (χ3v) is 6.98. The number of rotatable bonds is 4. The SMILES string of the molecule is CC(C)(O)C#Cc1ccc2c(N(C(=O)c3ccc(-n4nnc5cccnc54)cc3F)[C@@H]3CCCNC3)nccc2c1. The van der Waals surface area contributed by atoms with Crippen molar-refractivity contribution in [3.05, 3.63) is 83.9 Å². The van der Waals surface area contributed by atoms with Crippen LogP contribution in [0.25, 0.3) is 27.6 Å². The number of amides is 1. The largest absolute Gasteiger partial charge is 0.378 e. The van der Waals surface area contributed by atoms with Crippen LogP contribution in [0, 0.1) is 17.7 Å². The number of benzene rings is 2. The Morgan fingerprint density at radius 1 is 1.15 bits per heavy atom. The normalized spacial score (nSPS) is 15.5. The minimum atomic E-state index is -1.12. The quantitative estimate of drug-likeness (QED) is 0.326. The first-order chi connectivity index (χ1) is 19.8. The van der Waals surface area contributed by atoms with Crippen LogP contribution in [0.4, 0.5) is 10.2 Å². The molecule has 0 saturated carbocycles. The summed E-state index contributed by atoms with van der Waals surface area (Å²) in [6, 6.07) is 15.1. The molecule has 0 radical (unpaired) electrons. The van der Waals surface area contributed by atoms with Crippen molar-refractivity contribution in [3.8, 4) is 17.5 Å². The standard InChI is InChI=1S/C31H28FN7O2/c1-31(2,41)13-11-20-7-9-24-21(17-20)12-16-35-28(24)38(23-5-3-14-33-19-23)30(40)25-10-8-22(18-26(25)32)39-29-27(36-37-39)6-4-15-34-29/h4,6-10,12,15-18,23,33,41H,3,5,14,19H2,1-2H3/t23-/m1/s1. The van der Waals surface area contributed by atoms with Gasteiger partial charge in [0.15, 0.2) is 5.65 Å². The van der Waals surface area contributed by atoms with Crippen LogP contribution in [0.3, 0.4) is 0 Å². The van der Waals surface area contributed by atoms with Gasteiger partial charge in [-0.25, -0.2) is 14.4 Å². The van der Waals surface area contributed by atoms with Gasteiger partial charge in [0.25, 0.3) is 5.91 Å². The molecule has 9 nitrogen and oxygen atoms in total. The molecule has 1 fully saturated rings. The second-order valence-corrected chi connectivity index (χ2v) is 10.6. The van der Waals surface area contributed by atoms with Crippen LogP contribution in [0.15, 0.2) is 67.0 Å². The predicted molar refractivity (Wildman–Crippen MR) is 154 cm³/mol. The molecule has 0 unspecified atom stereocenters. The first-order valence-corrected chi connectivity index (χ1v) is 13.4. The highest BCUT2D eigenvalue weighted by molar-refractivity contribution is 6.10. The number of carbonyl (C=O) groups excluding carboxylic acids is 1. The number of pyridine rings is 2. The Bertz CT molecular complexity index is 1830. The van der Waals surface area contributed by atoms with Crippen molar-refractivity contribution in [3.63, 3.8) is 0 Å². The maximum Gasteiger partial charge on any atom is 0.262 e. The fourth-order valence-electron chi connectivity index (χ4n) is 5.02. The zero-order valence-electron chi connectivity index (χ0n) is 22.7. The topological polar surface area (TPSA) is 109 Å². The average Bonchev–Trinajstić information content (AvgIpc) is 3.40. The lowest BCUT2D eigenvalue weighted by Crippen LogP contribution is -2.49. The van der Waals surface area contributed by atoms with Gasteiger partial charge in [-0.1, -0.05) is 17.1 Å². The summed E-state index contributed by atoms with van der Waals surface area (Å²) in [5.41, 5.74) is 1.03. The van der Waals surface area contributed by atoms with E-state index < -0.39 is 17.3 Å². The molecule has 0 aliphatic carbocycles. The maximum absolute atomic E-state index is 15.7. The van der Waals surface area contributed by atoms with Crippen molar-refractivity contribution in [1.29, 1.82) is 0 Å². The zero-order valence-corrected chi connectivity index (χ0v) is 22.7. The van der Waals surface area contributed by atoms with Crippen molar-refractivity contribution in [1.82, 2.24) is 30.3 Å². The summed E-state index contributed by atoms with van der Waals surface area (Å²) in [6.45, 7) is 4.67. The number of nitrogens with zero attached hydrogens (tertiary/aromatic N) is 6. The average molecular weight is 550 g/mol. The van der Waals surface area contributed by atoms with Crippen LogP contribution in [0.1, 0.15) is 42.6 Å². The fraction of sp³-hybridized carbons (Fsp3) is 0.258. The van der Waals surface area contributed by atoms with Crippen LogP contribution < -0.4 is 10.2 Å².